The molecule has 0 aliphatic carbocycles. The fraction of sp³-hybridized carbons (Fsp3) is 0.188. The van der Waals surface area contributed by atoms with Crippen LogP contribution in [-0.4, -0.2) is 28.0 Å². The molecule has 0 amide bonds. The summed E-state index contributed by atoms with van der Waals surface area (Å²) in [6, 6.07) is 8.36. The summed E-state index contributed by atoms with van der Waals surface area (Å²) < 4.78 is 13.2. The Hall–Kier alpha value is -2.96. The number of hydrogen-bond donors (Lipinski definition) is 2. The summed E-state index contributed by atoms with van der Waals surface area (Å²) in [5.74, 6) is 0.390. The molecule has 6 nitrogen and oxygen atoms in total. The fourth-order valence-electron chi connectivity index (χ4n) is 2.42. The zero-order valence-corrected chi connectivity index (χ0v) is 12.3. The van der Waals surface area contributed by atoms with E-state index in [9.17, 15) is 14.5 Å². The zero-order valence-electron chi connectivity index (χ0n) is 12.3. The third-order valence-corrected chi connectivity index (χ3v) is 3.54. The molecule has 0 aliphatic rings. The number of hydrogen-bond acceptors (Lipinski definition) is 4. The molecule has 2 aromatic heterocycles. The van der Waals surface area contributed by atoms with E-state index in [1.165, 1.54) is 12.1 Å². The van der Waals surface area contributed by atoms with Gasteiger partial charge in [0.1, 0.15) is 11.6 Å². The van der Waals surface area contributed by atoms with Gasteiger partial charge in [-0.25, -0.2) is 9.37 Å². The van der Waals surface area contributed by atoms with Crippen molar-refractivity contribution in [3.63, 3.8) is 0 Å². The van der Waals surface area contributed by atoms with Crippen LogP contribution in [0.1, 0.15) is 6.42 Å². The van der Waals surface area contributed by atoms with Gasteiger partial charge < -0.3 is 10.3 Å². The highest BCUT2D eigenvalue weighted by atomic mass is 19.1. The van der Waals surface area contributed by atoms with E-state index in [0.29, 0.717) is 18.8 Å². The number of nitro groups is 1. The lowest BCUT2D eigenvalue weighted by atomic mass is 10.1. The number of fused-ring (bicyclic) bond motifs is 1. The third-order valence-electron chi connectivity index (χ3n) is 3.54. The first kappa shape index (κ1) is 15.0. The van der Waals surface area contributed by atoms with Crippen LogP contribution in [0.25, 0.3) is 22.0 Å². The zero-order chi connectivity index (χ0) is 16.2. The molecule has 0 radical (unpaired) electrons. The summed E-state index contributed by atoms with van der Waals surface area (Å²) in [6.45, 7) is 0.441. The number of H-pyrrole nitrogens is 1. The van der Waals surface area contributed by atoms with Crippen molar-refractivity contribution in [1.29, 1.82) is 0 Å². The molecule has 0 saturated carbocycles. The Kier molecular flexibility index (Phi) is 4.18. The number of aromatic nitrogens is 2. The normalized spacial score (nSPS) is 10.8. The van der Waals surface area contributed by atoms with E-state index >= 15 is 0 Å². The molecule has 0 unspecified atom stereocenters. The first-order chi connectivity index (χ1) is 11.1. The molecule has 3 aromatic rings. The van der Waals surface area contributed by atoms with Crippen molar-refractivity contribution < 1.29 is 9.31 Å². The van der Waals surface area contributed by atoms with Crippen LogP contribution in [0, 0.1) is 15.9 Å². The minimum atomic E-state index is -0.335. The Morgan fingerprint density at radius 3 is 2.91 bits per heavy atom. The number of pyridine rings is 1. The van der Waals surface area contributed by atoms with Crippen molar-refractivity contribution in [1.82, 2.24) is 9.97 Å². The van der Waals surface area contributed by atoms with Gasteiger partial charge in [-0.1, -0.05) is 0 Å². The van der Waals surface area contributed by atoms with Crippen molar-refractivity contribution in [3.05, 3.63) is 58.7 Å². The van der Waals surface area contributed by atoms with Crippen LogP contribution in [0.2, 0.25) is 0 Å². The minimum Gasteiger partial charge on any atom is -0.370 e. The van der Waals surface area contributed by atoms with Crippen molar-refractivity contribution in [3.8, 4) is 11.1 Å². The van der Waals surface area contributed by atoms with Crippen molar-refractivity contribution in [2.24, 2.45) is 0 Å². The highest BCUT2D eigenvalue weighted by molar-refractivity contribution is 5.95. The maximum Gasteiger partial charge on any atom is 0.205 e. The van der Waals surface area contributed by atoms with Crippen molar-refractivity contribution >= 4 is 16.7 Å². The SMILES string of the molecule is O=[N+]([O-])CCCNc1ccc(-c2c[nH]c3cc(F)ccc23)cn1. The van der Waals surface area contributed by atoms with E-state index in [4.69, 9.17) is 0 Å². The second-order valence-corrected chi connectivity index (χ2v) is 5.16. The number of nitrogens with one attached hydrogen (secondary N) is 2. The van der Waals surface area contributed by atoms with Gasteiger partial charge in [0.05, 0.1) is 0 Å². The molecule has 1 aromatic carbocycles. The summed E-state index contributed by atoms with van der Waals surface area (Å²) in [5.41, 5.74) is 2.60. The number of rotatable bonds is 6. The predicted molar refractivity (Wildman–Crippen MR) is 86.5 cm³/mol. The van der Waals surface area contributed by atoms with Gasteiger partial charge in [-0.2, -0.15) is 0 Å². The van der Waals surface area contributed by atoms with Crippen LogP contribution >= 0.6 is 0 Å². The first-order valence-corrected chi connectivity index (χ1v) is 7.22. The van der Waals surface area contributed by atoms with E-state index in [1.54, 1.807) is 12.3 Å². The van der Waals surface area contributed by atoms with Gasteiger partial charge in [0.25, 0.3) is 0 Å². The molecule has 7 heteroatoms. The van der Waals surface area contributed by atoms with Gasteiger partial charge >= 0.3 is 0 Å². The quantitative estimate of drug-likeness (QED) is 0.415. The second-order valence-electron chi connectivity index (χ2n) is 5.16. The number of benzene rings is 1. The molecular formula is C16H15FN4O2. The Morgan fingerprint density at radius 1 is 1.30 bits per heavy atom. The molecule has 23 heavy (non-hydrogen) atoms. The Balaban J connectivity index is 1.72. The second kappa shape index (κ2) is 6.43. The Morgan fingerprint density at radius 2 is 2.17 bits per heavy atom. The first-order valence-electron chi connectivity index (χ1n) is 7.22. The molecule has 0 atom stereocenters. The molecule has 2 heterocycles. The summed E-state index contributed by atoms with van der Waals surface area (Å²) in [6.07, 6.45) is 4.00. The third kappa shape index (κ3) is 3.45. The van der Waals surface area contributed by atoms with Crippen molar-refractivity contribution in [2.75, 3.05) is 18.4 Å². The fourth-order valence-corrected chi connectivity index (χ4v) is 2.42. The van der Waals surface area contributed by atoms with Crippen LogP contribution in [0.5, 0.6) is 0 Å². The minimum absolute atomic E-state index is 0.0585. The number of anilines is 1. The predicted octanol–water partition coefficient (Wildman–Crippen LogP) is 3.45. The Labute approximate surface area is 131 Å². The smallest absolute Gasteiger partial charge is 0.205 e. The standard InChI is InChI=1S/C16H15FN4O2/c17-12-3-4-13-14(10-19-15(13)8-12)11-2-5-16(20-9-11)18-6-1-7-21(22)23/h2-5,8-10,19H,1,6-7H2,(H,18,20). The van der Waals surface area contributed by atoms with Gasteiger partial charge in [0.2, 0.25) is 6.54 Å². The molecule has 118 valence electrons. The number of halogens is 1. The monoisotopic (exact) mass is 314 g/mol. The van der Waals surface area contributed by atoms with Crippen molar-refractivity contribution in [2.45, 2.75) is 6.42 Å². The summed E-state index contributed by atoms with van der Waals surface area (Å²) in [7, 11) is 0. The lowest BCUT2D eigenvalue weighted by Crippen LogP contribution is -2.09. The number of nitrogens with zero attached hydrogens (tertiary/aromatic N) is 2. The number of aromatic amines is 1. The molecule has 0 aliphatic heterocycles. The highest BCUT2D eigenvalue weighted by Gasteiger charge is 2.07. The average Bonchev–Trinajstić information content (AvgIpc) is 2.95. The molecule has 3 rings (SSSR count). The molecule has 0 fully saturated rings. The van der Waals surface area contributed by atoms with E-state index in [1.807, 2.05) is 18.3 Å². The van der Waals surface area contributed by atoms with Crippen LogP contribution in [0.3, 0.4) is 0 Å². The van der Waals surface area contributed by atoms with Gasteiger partial charge in [-0.15, -0.1) is 0 Å². The molecular weight excluding hydrogens is 299 g/mol. The molecule has 0 saturated heterocycles. The summed E-state index contributed by atoms with van der Waals surface area (Å²) >= 11 is 0. The van der Waals surface area contributed by atoms with Gasteiger partial charge in [0, 0.05) is 52.3 Å². The van der Waals surface area contributed by atoms with Crippen LogP contribution in [-0.2, 0) is 0 Å². The van der Waals surface area contributed by atoms with E-state index in [-0.39, 0.29) is 17.3 Å². The maximum absolute atomic E-state index is 13.2. The van der Waals surface area contributed by atoms with Gasteiger partial charge in [0.15, 0.2) is 0 Å². The topological polar surface area (TPSA) is 83.9 Å². The lowest BCUT2D eigenvalue weighted by molar-refractivity contribution is -0.479. The van der Waals surface area contributed by atoms with Crippen LogP contribution < -0.4 is 5.32 Å². The molecule has 0 bridgehead atoms. The molecule has 0 spiro atoms. The van der Waals surface area contributed by atoms with Crippen LogP contribution in [0.15, 0.2) is 42.7 Å². The van der Waals surface area contributed by atoms with E-state index < -0.39 is 0 Å². The van der Waals surface area contributed by atoms with Gasteiger partial charge in [-0.05, 0) is 30.3 Å². The average molecular weight is 314 g/mol. The van der Waals surface area contributed by atoms with Crippen LogP contribution in [0.4, 0.5) is 10.2 Å². The molecule has 2 N–H and O–H groups in total. The van der Waals surface area contributed by atoms with E-state index in [2.05, 4.69) is 15.3 Å². The summed E-state index contributed by atoms with van der Waals surface area (Å²) in [5, 5.41) is 14.2. The largest absolute Gasteiger partial charge is 0.370 e. The Bertz CT molecular complexity index is 830. The van der Waals surface area contributed by atoms with Gasteiger partial charge in [-0.3, -0.25) is 10.1 Å². The lowest BCUT2D eigenvalue weighted by Gasteiger charge is -2.05. The van der Waals surface area contributed by atoms with E-state index in [0.717, 1.165) is 22.0 Å². The maximum atomic E-state index is 13.2. The highest BCUT2D eigenvalue weighted by Crippen LogP contribution is 2.28. The summed E-state index contributed by atoms with van der Waals surface area (Å²) in [4.78, 5) is 17.3.